The smallest absolute Gasteiger partial charge is 0.0552 e. The summed E-state index contributed by atoms with van der Waals surface area (Å²) in [6.45, 7) is 1.77. The Morgan fingerprint density at radius 2 is 1.91 bits per heavy atom. The first-order valence-electron chi connectivity index (χ1n) is 3.71. The van der Waals surface area contributed by atoms with Crippen LogP contribution in [0.15, 0.2) is 24.3 Å². The zero-order valence-corrected chi connectivity index (χ0v) is 6.62. The van der Waals surface area contributed by atoms with Gasteiger partial charge in [0, 0.05) is 5.69 Å². The molecule has 0 bridgehead atoms. The molecule has 0 heterocycles. The Morgan fingerprint density at radius 3 is 2.36 bits per heavy atom. The summed E-state index contributed by atoms with van der Waals surface area (Å²) in [5.74, 6) is 0. The highest BCUT2D eigenvalue weighted by atomic mass is 16.3. The Kier molecular flexibility index (Phi) is 2.49. The third kappa shape index (κ3) is 2.60. The molecule has 1 unspecified atom stereocenters. The summed E-state index contributed by atoms with van der Waals surface area (Å²) in [5.41, 5.74) is 7.38. The summed E-state index contributed by atoms with van der Waals surface area (Å²) < 4.78 is 0. The highest BCUT2D eigenvalue weighted by molar-refractivity contribution is 5.39. The fourth-order valence-electron chi connectivity index (χ4n) is 0.995. The molecule has 0 radical (unpaired) electrons. The first kappa shape index (κ1) is 8.08. The first-order chi connectivity index (χ1) is 5.18. The minimum absolute atomic E-state index is 0.279. The first-order valence-corrected chi connectivity index (χ1v) is 3.71. The van der Waals surface area contributed by atoms with Gasteiger partial charge in [-0.3, -0.25) is 0 Å². The van der Waals surface area contributed by atoms with Crippen molar-refractivity contribution in [3.8, 4) is 0 Å². The number of nitrogens with two attached hydrogens (primary N) is 1. The van der Waals surface area contributed by atoms with Crippen molar-refractivity contribution >= 4 is 5.69 Å². The summed E-state index contributed by atoms with van der Waals surface area (Å²) >= 11 is 0. The Balaban J connectivity index is 2.66. The maximum Gasteiger partial charge on any atom is 0.0552 e. The molecule has 0 aliphatic carbocycles. The van der Waals surface area contributed by atoms with E-state index in [1.54, 1.807) is 6.92 Å². The molecule has 60 valence electrons. The van der Waals surface area contributed by atoms with Crippen LogP contribution in [0.25, 0.3) is 0 Å². The second-order valence-corrected chi connectivity index (χ2v) is 2.79. The monoisotopic (exact) mass is 151 g/mol. The third-order valence-corrected chi connectivity index (χ3v) is 1.51. The summed E-state index contributed by atoms with van der Waals surface area (Å²) in [6.07, 6.45) is 0.416. The van der Waals surface area contributed by atoms with Crippen molar-refractivity contribution in [2.45, 2.75) is 19.4 Å². The van der Waals surface area contributed by atoms with Gasteiger partial charge in [0.2, 0.25) is 0 Å². The van der Waals surface area contributed by atoms with Gasteiger partial charge in [-0.15, -0.1) is 0 Å². The second kappa shape index (κ2) is 3.39. The quantitative estimate of drug-likeness (QED) is 0.624. The molecule has 0 amide bonds. The van der Waals surface area contributed by atoms with Gasteiger partial charge in [0.1, 0.15) is 0 Å². The number of nitrogen functional groups attached to an aromatic ring is 1. The topological polar surface area (TPSA) is 46.2 Å². The van der Waals surface area contributed by atoms with E-state index in [2.05, 4.69) is 0 Å². The average Bonchev–Trinajstić information content (AvgIpc) is 1.93. The molecule has 1 aromatic rings. The van der Waals surface area contributed by atoms with Crippen molar-refractivity contribution in [1.29, 1.82) is 0 Å². The van der Waals surface area contributed by atoms with E-state index in [4.69, 9.17) is 10.8 Å². The molecule has 1 rings (SSSR count). The number of benzene rings is 1. The van der Waals surface area contributed by atoms with Crippen LogP contribution in [-0.4, -0.2) is 11.2 Å². The Bertz CT molecular complexity index is 216. The molecule has 0 aliphatic rings. The van der Waals surface area contributed by atoms with Crippen LogP contribution in [0, 0.1) is 0 Å². The fraction of sp³-hybridized carbons (Fsp3) is 0.333. The molecule has 0 saturated heterocycles. The van der Waals surface area contributed by atoms with Crippen LogP contribution >= 0.6 is 0 Å². The number of rotatable bonds is 2. The van der Waals surface area contributed by atoms with Crippen molar-refractivity contribution < 1.29 is 5.11 Å². The normalized spacial score (nSPS) is 12.9. The minimum atomic E-state index is -0.279. The molecule has 11 heavy (non-hydrogen) atoms. The van der Waals surface area contributed by atoms with Gasteiger partial charge in [-0.2, -0.15) is 0 Å². The molecular formula is C9H13NO. The van der Waals surface area contributed by atoms with Crippen molar-refractivity contribution in [3.05, 3.63) is 29.8 Å². The van der Waals surface area contributed by atoms with Crippen LogP contribution in [0.4, 0.5) is 5.69 Å². The Labute approximate surface area is 66.7 Å². The fourth-order valence-corrected chi connectivity index (χ4v) is 0.995. The standard InChI is InChI=1S/C9H13NO/c1-7(11)6-8-2-4-9(10)5-3-8/h2-5,7,11H,6,10H2,1H3. The predicted molar refractivity (Wildman–Crippen MR) is 46.2 cm³/mol. The predicted octanol–water partition coefficient (Wildman–Crippen LogP) is 1.19. The SMILES string of the molecule is CC(O)Cc1ccc(N)cc1. The molecule has 3 N–H and O–H groups in total. The molecule has 2 nitrogen and oxygen atoms in total. The van der Waals surface area contributed by atoms with E-state index in [-0.39, 0.29) is 6.10 Å². The van der Waals surface area contributed by atoms with Crippen molar-refractivity contribution in [3.63, 3.8) is 0 Å². The molecule has 0 aliphatic heterocycles. The number of aliphatic hydroxyl groups is 1. The lowest BCUT2D eigenvalue weighted by Gasteiger charge is -2.03. The molecule has 0 saturated carbocycles. The zero-order chi connectivity index (χ0) is 8.27. The van der Waals surface area contributed by atoms with Crippen LogP contribution in [0.5, 0.6) is 0 Å². The molecule has 2 heteroatoms. The van der Waals surface area contributed by atoms with Gasteiger partial charge in [-0.25, -0.2) is 0 Å². The van der Waals surface area contributed by atoms with Gasteiger partial charge in [0.05, 0.1) is 6.10 Å². The van der Waals surface area contributed by atoms with Crippen LogP contribution < -0.4 is 5.73 Å². The van der Waals surface area contributed by atoms with Crippen molar-refractivity contribution in [2.75, 3.05) is 5.73 Å². The highest BCUT2D eigenvalue weighted by Gasteiger charge is 1.97. The average molecular weight is 151 g/mol. The van der Waals surface area contributed by atoms with Gasteiger partial charge in [0.15, 0.2) is 0 Å². The lowest BCUT2D eigenvalue weighted by molar-refractivity contribution is 0.195. The van der Waals surface area contributed by atoms with E-state index < -0.39 is 0 Å². The van der Waals surface area contributed by atoms with Gasteiger partial charge < -0.3 is 10.8 Å². The number of hydrogen-bond donors (Lipinski definition) is 2. The summed E-state index contributed by atoms with van der Waals surface area (Å²) in [4.78, 5) is 0. The lowest BCUT2D eigenvalue weighted by atomic mass is 10.1. The lowest BCUT2D eigenvalue weighted by Crippen LogP contribution is -2.03. The Morgan fingerprint density at radius 1 is 1.36 bits per heavy atom. The molecule has 0 spiro atoms. The summed E-state index contributed by atoms with van der Waals surface area (Å²) in [7, 11) is 0. The van der Waals surface area contributed by atoms with Crippen LogP contribution in [-0.2, 0) is 6.42 Å². The highest BCUT2D eigenvalue weighted by Crippen LogP contribution is 2.07. The van der Waals surface area contributed by atoms with E-state index in [1.165, 1.54) is 0 Å². The van der Waals surface area contributed by atoms with E-state index >= 15 is 0 Å². The number of aliphatic hydroxyl groups excluding tert-OH is 1. The van der Waals surface area contributed by atoms with Gasteiger partial charge >= 0.3 is 0 Å². The minimum Gasteiger partial charge on any atom is -0.399 e. The van der Waals surface area contributed by atoms with E-state index in [1.807, 2.05) is 24.3 Å². The van der Waals surface area contributed by atoms with Gasteiger partial charge in [0.25, 0.3) is 0 Å². The third-order valence-electron chi connectivity index (χ3n) is 1.51. The van der Waals surface area contributed by atoms with Crippen LogP contribution in [0.2, 0.25) is 0 Å². The molecule has 1 aromatic carbocycles. The van der Waals surface area contributed by atoms with Crippen LogP contribution in [0.1, 0.15) is 12.5 Å². The maximum atomic E-state index is 9.04. The Hall–Kier alpha value is -1.02. The maximum absolute atomic E-state index is 9.04. The second-order valence-electron chi connectivity index (χ2n) is 2.79. The summed E-state index contributed by atoms with van der Waals surface area (Å²) in [5, 5.41) is 9.04. The summed E-state index contributed by atoms with van der Waals surface area (Å²) in [6, 6.07) is 7.56. The van der Waals surface area contributed by atoms with Gasteiger partial charge in [-0.1, -0.05) is 12.1 Å². The van der Waals surface area contributed by atoms with E-state index in [9.17, 15) is 0 Å². The number of hydrogen-bond acceptors (Lipinski definition) is 2. The number of anilines is 1. The largest absolute Gasteiger partial charge is 0.399 e. The van der Waals surface area contributed by atoms with Crippen molar-refractivity contribution in [1.82, 2.24) is 0 Å². The van der Waals surface area contributed by atoms with Crippen LogP contribution in [0.3, 0.4) is 0 Å². The molecule has 0 fully saturated rings. The van der Waals surface area contributed by atoms with Gasteiger partial charge in [-0.05, 0) is 31.0 Å². The molecule has 1 atom stereocenters. The molecular weight excluding hydrogens is 138 g/mol. The molecule has 0 aromatic heterocycles. The van der Waals surface area contributed by atoms with Crippen molar-refractivity contribution in [2.24, 2.45) is 0 Å². The zero-order valence-electron chi connectivity index (χ0n) is 6.62. The van der Waals surface area contributed by atoms with E-state index in [0.717, 1.165) is 11.3 Å². The van der Waals surface area contributed by atoms with E-state index in [0.29, 0.717) is 6.42 Å².